The SMILES string of the molecule is CC.CCNCC1CC1. The van der Waals surface area contributed by atoms with E-state index in [2.05, 4.69) is 12.2 Å². The molecule has 1 N–H and O–H groups in total. The molecule has 0 aliphatic heterocycles. The smallest absolute Gasteiger partial charge is 0.00206 e. The van der Waals surface area contributed by atoms with Crippen molar-refractivity contribution in [1.29, 1.82) is 0 Å². The van der Waals surface area contributed by atoms with Crippen molar-refractivity contribution in [3.63, 3.8) is 0 Å². The lowest BCUT2D eigenvalue weighted by Gasteiger charge is -1.93. The van der Waals surface area contributed by atoms with Crippen LogP contribution in [0.1, 0.15) is 33.6 Å². The number of rotatable bonds is 3. The fraction of sp³-hybridized carbons (Fsp3) is 1.00. The van der Waals surface area contributed by atoms with E-state index in [1.165, 1.54) is 19.4 Å². The first-order valence-corrected chi connectivity index (χ1v) is 4.14. The van der Waals surface area contributed by atoms with Crippen molar-refractivity contribution >= 4 is 0 Å². The van der Waals surface area contributed by atoms with Crippen molar-refractivity contribution in [2.45, 2.75) is 33.6 Å². The molecule has 0 aromatic rings. The number of nitrogens with one attached hydrogen (secondary N) is 1. The Balaban J connectivity index is 0.000000291. The zero-order valence-corrected chi connectivity index (χ0v) is 6.91. The molecule has 0 bridgehead atoms. The van der Waals surface area contributed by atoms with Gasteiger partial charge in [-0.3, -0.25) is 0 Å². The van der Waals surface area contributed by atoms with Crippen molar-refractivity contribution in [3.05, 3.63) is 0 Å². The standard InChI is InChI=1S/C6H13N.C2H6/c1-2-7-5-6-3-4-6;1-2/h6-7H,2-5H2,1H3;1-2H3. The summed E-state index contributed by atoms with van der Waals surface area (Å²) >= 11 is 0. The number of hydrogen-bond donors (Lipinski definition) is 1. The van der Waals surface area contributed by atoms with E-state index in [1.54, 1.807) is 0 Å². The first-order valence-electron chi connectivity index (χ1n) is 4.14. The fourth-order valence-electron chi connectivity index (χ4n) is 0.670. The molecule has 0 saturated heterocycles. The van der Waals surface area contributed by atoms with Gasteiger partial charge in [-0.25, -0.2) is 0 Å². The molecule has 1 saturated carbocycles. The van der Waals surface area contributed by atoms with Gasteiger partial charge in [-0.2, -0.15) is 0 Å². The molecule has 1 rings (SSSR count). The van der Waals surface area contributed by atoms with Gasteiger partial charge < -0.3 is 5.32 Å². The highest BCUT2D eigenvalue weighted by molar-refractivity contribution is 4.74. The Kier molecular flexibility index (Phi) is 6.06. The highest BCUT2D eigenvalue weighted by Crippen LogP contribution is 2.27. The zero-order chi connectivity index (χ0) is 7.11. The van der Waals surface area contributed by atoms with Crippen molar-refractivity contribution < 1.29 is 0 Å². The van der Waals surface area contributed by atoms with Gasteiger partial charge in [0, 0.05) is 0 Å². The third-order valence-corrected chi connectivity index (χ3v) is 1.38. The first-order chi connectivity index (χ1) is 4.43. The third kappa shape index (κ3) is 5.84. The fourth-order valence-corrected chi connectivity index (χ4v) is 0.670. The van der Waals surface area contributed by atoms with Gasteiger partial charge in [-0.15, -0.1) is 0 Å². The second-order valence-electron chi connectivity index (χ2n) is 2.25. The van der Waals surface area contributed by atoms with Crippen molar-refractivity contribution in [2.75, 3.05) is 13.1 Å². The van der Waals surface area contributed by atoms with Crippen LogP contribution in [0.4, 0.5) is 0 Å². The van der Waals surface area contributed by atoms with Crippen LogP contribution < -0.4 is 5.32 Å². The average Bonchev–Trinajstić information content (AvgIpc) is 2.71. The Morgan fingerprint density at radius 2 is 1.89 bits per heavy atom. The van der Waals surface area contributed by atoms with Crippen molar-refractivity contribution in [1.82, 2.24) is 5.32 Å². The Morgan fingerprint density at radius 1 is 1.33 bits per heavy atom. The van der Waals surface area contributed by atoms with Crippen LogP contribution in [0.15, 0.2) is 0 Å². The van der Waals surface area contributed by atoms with E-state index in [0.717, 1.165) is 12.5 Å². The normalized spacial score (nSPS) is 16.3. The van der Waals surface area contributed by atoms with Crippen LogP contribution in [0, 0.1) is 5.92 Å². The molecule has 1 aliphatic carbocycles. The lowest BCUT2D eigenvalue weighted by molar-refractivity contribution is 0.662. The highest BCUT2D eigenvalue weighted by Gasteiger charge is 2.19. The summed E-state index contributed by atoms with van der Waals surface area (Å²) in [4.78, 5) is 0. The Labute approximate surface area is 58.8 Å². The summed E-state index contributed by atoms with van der Waals surface area (Å²) < 4.78 is 0. The molecule has 56 valence electrons. The summed E-state index contributed by atoms with van der Waals surface area (Å²) in [7, 11) is 0. The minimum atomic E-state index is 1.04. The molecule has 0 spiro atoms. The second-order valence-corrected chi connectivity index (χ2v) is 2.25. The van der Waals surface area contributed by atoms with Gasteiger partial charge in [0.1, 0.15) is 0 Å². The lowest BCUT2D eigenvalue weighted by atomic mass is 10.4. The second kappa shape index (κ2) is 6.09. The number of hydrogen-bond acceptors (Lipinski definition) is 1. The van der Waals surface area contributed by atoms with Crippen molar-refractivity contribution in [3.8, 4) is 0 Å². The van der Waals surface area contributed by atoms with E-state index in [9.17, 15) is 0 Å². The molecule has 1 heteroatoms. The Hall–Kier alpha value is -0.0400. The van der Waals surface area contributed by atoms with Crippen LogP contribution in [0.5, 0.6) is 0 Å². The van der Waals surface area contributed by atoms with Gasteiger partial charge in [0.25, 0.3) is 0 Å². The van der Waals surface area contributed by atoms with Crippen LogP contribution in [-0.4, -0.2) is 13.1 Å². The van der Waals surface area contributed by atoms with E-state index in [0.29, 0.717) is 0 Å². The minimum Gasteiger partial charge on any atom is -0.317 e. The molecule has 9 heavy (non-hydrogen) atoms. The molecule has 0 unspecified atom stereocenters. The van der Waals surface area contributed by atoms with E-state index in [1.807, 2.05) is 13.8 Å². The lowest BCUT2D eigenvalue weighted by Crippen LogP contribution is -2.15. The Bertz CT molecular complexity index is 48.5. The molecule has 0 atom stereocenters. The molecule has 1 fully saturated rings. The molecular formula is C8H19N. The summed E-state index contributed by atoms with van der Waals surface area (Å²) in [6, 6.07) is 0. The zero-order valence-electron chi connectivity index (χ0n) is 6.91. The van der Waals surface area contributed by atoms with E-state index in [-0.39, 0.29) is 0 Å². The molecule has 0 heterocycles. The average molecular weight is 129 g/mol. The van der Waals surface area contributed by atoms with Crippen LogP contribution >= 0.6 is 0 Å². The third-order valence-electron chi connectivity index (χ3n) is 1.38. The van der Waals surface area contributed by atoms with Crippen LogP contribution in [-0.2, 0) is 0 Å². The van der Waals surface area contributed by atoms with Gasteiger partial charge in [-0.05, 0) is 31.8 Å². The van der Waals surface area contributed by atoms with Gasteiger partial charge in [-0.1, -0.05) is 20.8 Å². The largest absolute Gasteiger partial charge is 0.317 e. The summed E-state index contributed by atoms with van der Waals surface area (Å²) in [5.74, 6) is 1.04. The van der Waals surface area contributed by atoms with E-state index >= 15 is 0 Å². The summed E-state index contributed by atoms with van der Waals surface area (Å²) in [5, 5.41) is 3.31. The van der Waals surface area contributed by atoms with Gasteiger partial charge >= 0.3 is 0 Å². The maximum Gasteiger partial charge on any atom is -0.00206 e. The maximum atomic E-state index is 3.31. The summed E-state index contributed by atoms with van der Waals surface area (Å²) in [6.45, 7) is 8.55. The summed E-state index contributed by atoms with van der Waals surface area (Å²) in [5.41, 5.74) is 0. The molecule has 0 aromatic carbocycles. The molecule has 0 aromatic heterocycles. The monoisotopic (exact) mass is 129 g/mol. The van der Waals surface area contributed by atoms with Gasteiger partial charge in [0.15, 0.2) is 0 Å². The molecule has 1 nitrogen and oxygen atoms in total. The van der Waals surface area contributed by atoms with Gasteiger partial charge in [0.05, 0.1) is 0 Å². The van der Waals surface area contributed by atoms with Gasteiger partial charge in [0.2, 0.25) is 0 Å². The van der Waals surface area contributed by atoms with Crippen molar-refractivity contribution in [2.24, 2.45) is 5.92 Å². The van der Waals surface area contributed by atoms with E-state index in [4.69, 9.17) is 0 Å². The summed E-state index contributed by atoms with van der Waals surface area (Å²) in [6.07, 6.45) is 2.93. The van der Waals surface area contributed by atoms with Crippen LogP contribution in [0.3, 0.4) is 0 Å². The maximum absolute atomic E-state index is 3.31. The predicted octanol–water partition coefficient (Wildman–Crippen LogP) is 2.03. The van der Waals surface area contributed by atoms with Crippen LogP contribution in [0.25, 0.3) is 0 Å². The van der Waals surface area contributed by atoms with E-state index < -0.39 is 0 Å². The topological polar surface area (TPSA) is 12.0 Å². The molecule has 0 amide bonds. The minimum absolute atomic E-state index is 1.04. The molecule has 1 aliphatic rings. The molecular weight excluding hydrogens is 110 g/mol. The highest BCUT2D eigenvalue weighted by atomic mass is 14.9. The quantitative estimate of drug-likeness (QED) is 0.615. The Morgan fingerprint density at radius 3 is 2.22 bits per heavy atom. The van der Waals surface area contributed by atoms with Crippen LogP contribution in [0.2, 0.25) is 0 Å². The first kappa shape index (κ1) is 8.96. The predicted molar refractivity (Wildman–Crippen MR) is 42.6 cm³/mol. The molecule has 0 radical (unpaired) electrons.